The zero-order chi connectivity index (χ0) is 19.5. The molecule has 6 heteroatoms. The number of carbonyl (C=O) groups is 1. The fourth-order valence-electron chi connectivity index (χ4n) is 3.42. The number of nitrogens with zero attached hydrogens (tertiary/aromatic N) is 3. The number of morpholine rings is 1. The lowest BCUT2D eigenvalue weighted by molar-refractivity contribution is 0.0940. The Morgan fingerprint density at radius 2 is 1.89 bits per heavy atom. The smallest absolute Gasteiger partial charge is 0.289 e. The molecule has 0 spiro atoms. The monoisotopic (exact) mass is 376 g/mol. The lowest BCUT2D eigenvalue weighted by Crippen LogP contribution is -2.37. The summed E-state index contributed by atoms with van der Waals surface area (Å²) in [6.45, 7) is 7.37. The van der Waals surface area contributed by atoms with Crippen molar-refractivity contribution in [2.24, 2.45) is 0 Å². The van der Waals surface area contributed by atoms with Crippen LogP contribution < -0.4 is 10.2 Å². The third-order valence-electron chi connectivity index (χ3n) is 5.04. The van der Waals surface area contributed by atoms with Gasteiger partial charge in [-0.1, -0.05) is 35.9 Å². The number of fused-ring (bicyclic) bond motifs is 1. The molecule has 1 aliphatic heterocycles. The van der Waals surface area contributed by atoms with E-state index in [1.165, 1.54) is 5.56 Å². The Morgan fingerprint density at radius 1 is 1.11 bits per heavy atom. The summed E-state index contributed by atoms with van der Waals surface area (Å²) >= 11 is 0. The van der Waals surface area contributed by atoms with E-state index in [4.69, 9.17) is 4.74 Å². The molecular formula is C22H24N4O2. The second-order valence-corrected chi connectivity index (χ2v) is 7.10. The maximum Gasteiger partial charge on any atom is 0.289 e. The van der Waals surface area contributed by atoms with Crippen LogP contribution in [0.15, 0.2) is 42.5 Å². The van der Waals surface area contributed by atoms with Crippen molar-refractivity contribution in [1.82, 2.24) is 15.3 Å². The number of para-hydroxylation sites is 1. The summed E-state index contributed by atoms with van der Waals surface area (Å²) < 4.78 is 5.45. The molecule has 0 bridgehead atoms. The number of nitrogens with one attached hydrogen (secondary N) is 1. The first-order chi connectivity index (χ1) is 13.6. The number of benzene rings is 2. The molecule has 1 fully saturated rings. The van der Waals surface area contributed by atoms with E-state index in [0.29, 0.717) is 19.8 Å². The Morgan fingerprint density at radius 3 is 2.71 bits per heavy atom. The molecule has 1 aromatic heterocycles. The zero-order valence-corrected chi connectivity index (χ0v) is 16.2. The van der Waals surface area contributed by atoms with Gasteiger partial charge < -0.3 is 15.0 Å². The number of aryl methyl sites for hydroxylation is 2. The van der Waals surface area contributed by atoms with Gasteiger partial charge in [0.15, 0.2) is 0 Å². The second kappa shape index (κ2) is 7.94. The fraction of sp³-hybridized carbons (Fsp3) is 0.318. The van der Waals surface area contributed by atoms with Crippen molar-refractivity contribution in [1.29, 1.82) is 0 Å². The van der Waals surface area contributed by atoms with Gasteiger partial charge in [0.05, 0.1) is 18.7 Å². The SMILES string of the molecule is Cc1ccc(C)c(CNC(=O)c2nc(N3CCOCC3)c3ccccc3n2)c1. The van der Waals surface area contributed by atoms with Crippen LogP contribution >= 0.6 is 0 Å². The largest absolute Gasteiger partial charge is 0.378 e. The number of carbonyl (C=O) groups excluding carboxylic acids is 1. The molecular weight excluding hydrogens is 352 g/mol. The van der Waals surface area contributed by atoms with Gasteiger partial charge in [-0.15, -0.1) is 0 Å². The molecule has 1 saturated heterocycles. The lowest BCUT2D eigenvalue weighted by Gasteiger charge is -2.28. The van der Waals surface area contributed by atoms with E-state index in [-0.39, 0.29) is 11.7 Å². The summed E-state index contributed by atoms with van der Waals surface area (Å²) in [5, 5.41) is 3.93. The van der Waals surface area contributed by atoms with Crippen molar-refractivity contribution in [3.05, 3.63) is 65.0 Å². The Kier molecular flexibility index (Phi) is 5.21. The van der Waals surface area contributed by atoms with Gasteiger partial charge in [0.25, 0.3) is 5.91 Å². The molecule has 28 heavy (non-hydrogen) atoms. The molecule has 6 nitrogen and oxygen atoms in total. The summed E-state index contributed by atoms with van der Waals surface area (Å²) in [4.78, 5) is 24.1. The molecule has 4 rings (SSSR count). The van der Waals surface area contributed by atoms with Crippen LogP contribution in [0.3, 0.4) is 0 Å². The average molecular weight is 376 g/mol. The summed E-state index contributed by atoms with van der Waals surface area (Å²) in [5.74, 6) is 0.734. The fourth-order valence-corrected chi connectivity index (χ4v) is 3.42. The van der Waals surface area contributed by atoms with Crippen molar-refractivity contribution >= 4 is 22.6 Å². The predicted octanol–water partition coefficient (Wildman–Crippen LogP) is 3.01. The summed E-state index contributed by atoms with van der Waals surface area (Å²) in [7, 11) is 0. The molecule has 1 amide bonds. The molecule has 0 saturated carbocycles. The van der Waals surface area contributed by atoms with Gasteiger partial charge in [-0.25, -0.2) is 9.97 Å². The lowest BCUT2D eigenvalue weighted by atomic mass is 10.1. The Bertz CT molecular complexity index is 1010. The Labute approximate surface area is 164 Å². The number of hydrogen-bond acceptors (Lipinski definition) is 5. The minimum Gasteiger partial charge on any atom is -0.378 e. The highest BCUT2D eigenvalue weighted by Crippen LogP contribution is 2.24. The van der Waals surface area contributed by atoms with Gasteiger partial charge in [0, 0.05) is 25.0 Å². The maximum absolute atomic E-state index is 12.8. The number of aromatic nitrogens is 2. The van der Waals surface area contributed by atoms with Crippen LogP contribution in [0.2, 0.25) is 0 Å². The number of anilines is 1. The van der Waals surface area contributed by atoms with Gasteiger partial charge in [-0.05, 0) is 37.1 Å². The van der Waals surface area contributed by atoms with Crippen molar-refractivity contribution in [2.75, 3.05) is 31.2 Å². The van der Waals surface area contributed by atoms with Crippen LogP contribution in [0.25, 0.3) is 10.9 Å². The van der Waals surface area contributed by atoms with Crippen LogP contribution in [-0.2, 0) is 11.3 Å². The molecule has 0 unspecified atom stereocenters. The number of hydrogen-bond donors (Lipinski definition) is 1. The molecule has 0 aliphatic carbocycles. The molecule has 0 atom stereocenters. The first kappa shape index (κ1) is 18.4. The van der Waals surface area contributed by atoms with Gasteiger partial charge in [0.2, 0.25) is 5.82 Å². The highest BCUT2D eigenvalue weighted by Gasteiger charge is 2.19. The van der Waals surface area contributed by atoms with Crippen LogP contribution in [0.4, 0.5) is 5.82 Å². The molecule has 2 heterocycles. The second-order valence-electron chi connectivity index (χ2n) is 7.10. The number of amides is 1. The number of rotatable bonds is 4. The average Bonchev–Trinajstić information content (AvgIpc) is 2.74. The molecule has 1 aliphatic rings. The van der Waals surface area contributed by atoms with Gasteiger partial charge in [0.1, 0.15) is 5.82 Å². The van der Waals surface area contributed by atoms with E-state index < -0.39 is 0 Å². The van der Waals surface area contributed by atoms with Crippen molar-refractivity contribution < 1.29 is 9.53 Å². The highest BCUT2D eigenvalue weighted by atomic mass is 16.5. The summed E-state index contributed by atoms with van der Waals surface area (Å²) in [5.41, 5.74) is 4.20. The third-order valence-corrected chi connectivity index (χ3v) is 5.04. The summed E-state index contributed by atoms with van der Waals surface area (Å²) in [6.07, 6.45) is 0. The van der Waals surface area contributed by atoms with Gasteiger partial charge in [-0.2, -0.15) is 0 Å². The minimum absolute atomic E-state index is 0.200. The van der Waals surface area contributed by atoms with Crippen molar-refractivity contribution in [3.63, 3.8) is 0 Å². The van der Waals surface area contributed by atoms with E-state index in [1.807, 2.05) is 38.1 Å². The minimum atomic E-state index is -0.263. The molecule has 3 aromatic rings. The summed E-state index contributed by atoms with van der Waals surface area (Å²) in [6, 6.07) is 14.0. The quantitative estimate of drug-likeness (QED) is 0.758. The van der Waals surface area contributed by atoms with E-state index in [9.17, 15) is 4.79 Å². The van der Waals surface area contributed by atoms with Crippen molar-refractivity contribution in [3.8, 4) is 0 Å². The first-order valence-electron chi connectivity index (χ1n) is 9.55. The highest BCUT2D eigenvalue weighted by molar-refractivity contribution is 5.96. The zero-order valence-electron chi connectivity index (χ0n) is 16.2. The van der Waals surface area contributed by atoms with Gasteiger partial charge >= 0.3 is 0 Å². The van der Waals surface area contributed by atoms with Crippen LogP contribution in [0.5, 0.6) is 0 Å². The first-order valence-corrected chi connectivity index (χ1v) is 9.55. The molecule has 0 radical (unpaired) electrons. The number of ether oxygens (including phenoxy) is 1. The molecule has 144 valence electrons. The van der Waals surface area contributed by atoms with E-state index in [2.05, 4.69) is 38.4 Å². The predicted molar refractivity (Wildman–Crippen MR) is 110 cm³/mol. The third kappa shape index (κ3) is 3.82. The van der Waals surface area contributed by atoms with Crippen LogP contribution in [-0.4, -0.2) is 42.2 Å². The van der Waals surface area contributed by atoms with E-state index in [0.717, 1.165) is 40.9 Å². The normalized spacial score (nSPS) is 14.3. The van der Waals surface area contributed by atoms with E-state index >= 15 is 0 Å². The Hall–Kier alpha value is -2.99. The molecule has 2 aromatic carbocycles. The van der Waals surface area contributed by atoms with Gasteiger partial charge in [-0.3, -0.25) is 4.79 Å². The van der Waals surface area contributed by atoms with Crippen LogP contribution in [0.1, 0.15) is 27.3 Å². The standard InChI is InChI=1S/C22H24N4O2/c1-15-7-8-16(2)17(13-15)14-23-22(27)20-24-19-6-4-3-5-18(19)21(25-20)26-9-11-28-12-10-26/h3-8,13H,9-12,14H2,1-2H3,(H,23,27). The topological polar surface area (TPSA) is 67.4 Å². The van der Waals surface area contributed by atoms with E-state index in [1.54, 1.807) is 0 Å². The maximum atomic E-state index is 12.8. The molecule has 1 N–H and O–H groups in total. The Balaban J connectivity index is 1.62. The van der Waals surface area contributed by atoms with Crippen molar-refractivity contribution in [2.45, 2.75) is 20.4 Å². The van der Waals surface area contributed by atoms with Crippen LogP contribution in [0, 0.1) is 13.8 Å².